The van der Waals surface area contributed by atoms with E-state index in [1.54, 1.807) is 0 Å². The van der Waals surface area contributed by atoms with Crippen LogP contribution in [0.5, 0.6) is 5.75 Å². The van der Waals surface area contributed by atoms with Crippen molar-refractivity contribution in [3.63, 3.8) is 0 Å². The highest BCUT2D eigenvalue weighted by molar-refractivity contribution is 8.19. The second-order valence-electron chi connectivity index (χ2n) is 5.52. The molecule has 0 spiro atoms. The zero-order chi connectivity index (χ0) is 16.6. The lowest BCUT2D eigenvalue weighted by atomic mass is 10.1. The Labute approximate surface area is 151 Å². The van der Waals surface area contributed by atoms with E-state index in [4.69, 9.17) is 4.74 Å². The van der Waals surface area contributed by atoms with E-state index in [2.05, 4.69) is 29.6 Å². The monoisotopic (exact) mass is 359 g/mol. The average molecular weight is 360 g/mol. The van der Waals surface area contributed by atoms with E-state index in [0.29, 0.717) is 11.1 Å². The normalized spacial score (nSPS) is 14.5. The lowest BCUT2D eigenvalue weighted by Gasteiger charge is -2.10. The molecule has 0 radical (unpaired) electrons. The number of hydrogen-bond donors (Lipinski definition) is 1. The largest absolute Gasteiger partial charge is 0.484 e. The Morgan fingerprint density at radius 1 is 1.04 bits per heavy atom. The molecule has 3 rings (SSSR count). The zero-order valence-electron chi connectivity index (χ0n) is 13.4. The van der Waals surface area contributed by atoms with Gasteiger partial charge in [0.05, 0.1) is 4.58 Å². The second-order valence-corrected chi connectivity index (χ2v) is 8.24. The highest BCUT2D eigenvalue weighted by Crippen LogP contribution is 2.45. The zero-order valence-corrected chi connectivity index (χ0v) is 15.1. The van der Waals surface area contributed by atoms with Gasteiger partial charge in [-0.15, -0.1) is 23.5 Å². The van der Waals surface area contributed by atoms with Gasteiger partial charge in [-0.3, -0.25) is 4.79 Å². The minimum absolute atomic E-state index is 0.0566. The summed E-state index contributed by atoms with van der Waals surface area (Å²) in [5, 5.41) is 2.89. The van der Waals surface area contributed by atoms with Crippen molar-refractivity contribution >= 4 is 29.4 Å². The molecule has 126 valence electrons. The van der Waals surface area contributed by atoms with Gasteiger partial charge in [0.25, 0.3) is 5.91 Å². The van der Waals surface area contributed by atoms with Gasteiger partial charge in [-0.25, -0.2) is 0 Å². The molecule has 1 aliphatic heterocycles. The summed E-state index contributed by atoms with van der Waals surface area (Å²) in [4.78, 5) is 11.8. The molecule has 1 saturated heterocycles. The quantitative estimate of drug-likeness (QED) is 0.814. The lowest BCUT2D eigenvalue weighted by Crippen LogP contribution is -2.30. The maximum Gasteiger partial charge on any atom is 0.257 e. The van der Waals surface area contributed by atoms with Crippen LogP contribution >= 0.6 is 23.5 Å². The molecule has 0 saturated carbocycles. The van der Waals surface area contributed by atoms with E-state index in [1.165, 1.54) is 22.6 Å². The predicted molar refractivity (Wildman–Crippen MR) is 103 cm³/mol. The maximum atomic E-state index is 11.8. The van der Waals surface area contributed by atoms with E-state index >= 15 is 0 Å². The van der Waals surface area contributed by atoms with Gasteiger partial charge in [0.15, 0.2) is 6.61 Å². The van der Waals surface area contributed by atoms with Gasteiger partial charge in [0.2, 0.25) is 0 Å². The van der Waals surface area contributed by atoms with E-state index in [0.717, 1.165) is 12.2 Å². The smallest absolute Gasteiger partial charge is 0.257 e. The summed E-state index contributed by atoms with van der Waals surface area (Å²) in [5.41, 5.74) is 2.54. The number of ether oxygens (including phenoxy) is 1. The number of benzene rings is 2. The Bertz CT molecular complexity index is 640. The number of rotatable bonds is 7. The molecule has 24 heavy (non-hydrogen) atoms. The van der Waals surface area contributed by atoms with E-state index in [9.17, 15) is 4.79 Å². The first-order valence-corrected chi connectivity index (χ1v) is 10.2. The Morgan fingerprint density at radius 2 is 1.75 bits per heavy atom. The molecule has 0 atom stereocenters. The highest BCUT2D eigenvalue weighted by Gasteiger charge is 2.17. The summed E-state index contributed by atoms with van der Waals surface area (Å²) in [5.74, 6) is 3.09. The Balaban J connectivity index is 1.38. The summed E-state index contributed by atoms with van der Waals surface area (Å²) in [6, 6.07) is 18.2. The van der Waals surface area contributed by atoms with Crippen LogP contribution in [-0.4, -0.2) is 30.6 Å². The number of carbonyl (C=O) groups excluding carboxylic acids is 1. The second kappa shape index (κ2) is 9.04. The summed E-state index contributed by atoms with van der Waals surface area (Å²) in [6.45, 7) is 0.683. The third-order valence-corrected chi connectivity index (χ3v) is 6.83. The number of amides is 1. The summed E-state index contributed by atoms with van der Waals surface area (Å²) in [6.07, 6.45) is 0.831. The first-order valence-electron chi connectivity index (χ1n) is 8.08. The molecule has 1 heterocycles. The molecule has 0 unspecified atom stereocenters. The third kappa shape index (κ3) is 5.21. The molecule has 1 amide bonds. The first kappa shape index (κ1) is 17.2. The van der Waals surface area contributed by atoms with Gasteiger partial charge in [0, 0.05) is 18.1 Å². The van der Waals surface area contributed by atoms with E-state index in [-0.39, 0.29) is 12.5 Å². The first-order chi connectivity index (χ1) is 11.8. The topological polar surface area (TPSA) is 38.3 Å². The van der Waals surface area contributed by atoms with Crippen molar-refractivity contribution in [3.05, 3.63) is 65.7 Å². The van der Waals surface area contributed by atoms with Crippen LogP contribution < -0.4 is 10.1 Å². The molecule has 1 N–H and O–H groups in total. The van der Waals surface area contributed by atoms with Gasteiger partial charge >= 0.3 is 0 Å². The van der Waals surface area contributed by atoms with E-state index in [1.807, 2.05) is 53.9 Å². The number of nitrogens with one attached hydrogen (secondary N) is 1. The van der Waals surface area contributed by atoms with Gasteiger partial charge in [-0.2, -0.15) is 0 Å². The van der Waals surface area contributed by atoms with Crippen molar-refractivity contribution < 1.29 is 9.53 Å². The molecule has 5 heteroatoms. The summed E-state index contributed by atoms with van der Waals surface area (Å²) < 4.78 is 6.10. The van der Waals surface area contributed by atoms with Crippen LogP contribution in [0, 0.1) is 0 Å². The fourth-order valence-electron chi connectivity index (χ4n) is 2.46. The molecule has 3 nitrogen and oxygen atoms in total. The van der Waals surface area contributed by atoms with Crippen molar-refractivity contribution in [2.45, 2.75) is 11.0 Å². The SMILES string of the molecule is O=C(COc1ccc(C2SCCS2)cc1)NCCc1ccccc1. The molecular formula is C19H21NO2S2. The van der Waals surface area contributed by atoms with Crippen LogP contribution in [0.15, 0.2) is 54.6 Å². The van der Waals surface area contributed by atoms with Gasteiger partial charge < -0.3 is 10.1 Å². The Kier molecular flexibility index (Phi) is 6.49. The fraction of sp³-hybridized carbons (Fsp3) is 0.316. The molecule has 1 aliphatic rings. The number of hydrogen-bond acceptors (Lipinski definition) is 4. The van der Waals surface area contributed by atoms with Crippen molar-refractivity contribution in [1.82, 2.24) is 5.32 Å². The van der Waals surface area contributed by atoms with Crippen LogP contribution in [0.1, 0.15) is 15.7 Å². The minimum atomic E-state index is -0.0862. The molecule has 2 aromatic rings. The molecular weight excluding hydrogens is 338 g/mol. The number of carbonyl (C=O) groups is 1. The van der Waals surface area contributed by atoms with Crippen LogP contribution in [0.25, 0.3) is 0 Å². The van der Waals surface area contributed by atoms with E-state index < -0.39 is 0 Å². The minimum Gasteiger partial charge on any atom is -0.484 e. The van der Waals surface area contributed by atoms with Crippen molar-refractivity contribution in [2.75, 3.05) is 24.7 Å². The highest BCUT2D eigenvalue weighted by atomic mass is 32.2. The van der Waals surface area contributed by atoms with Crippen LogP contribution in [0.3, 0.4) is 0 Å². The van der Waals surface area contributed by atoms with Crippen LogP contribution in [0.2, 0.25) is 0 Å². The summed E-state index contributed by atoms with van der Waals surface area (Å²) in [7, 11) is 0. The van der Waals surface area contributed by atoms with Crippen LogP contribution in [0.4, 0.5) is 0 Å². The maximum absolute atomic E-state index is 11.8. The summed E-state index contributed by atoms with van der Waals surface area (Å²) >= 11 is 3.97. The Hall–Kier alpha value is -1.59. The van der Waals surface area contributed by atoms with Gasteiger partial charge in [0.1, 0.15) is 5.75 Å². The van der Waals surface area contributed by atoms with Crippen molar-refractivity contribution in [1.29, 1.82) is 0 Å². The van der Waals surface area contributed by atoms with Gasteiger partial charge in [-0.1, -0.05) is 42.5 Å². The third-order valence-electron chi connectivity index (χ3n) is 3.72. The standard InChI is InChI=1S/C19H21NO2S2/c21-18(20-11-10-15-4-2-1-3-5-15)14-22-17-8-6-16(7-9-17)19-23-12-13-24-19/h1-9,19H,10-14H2,(H,20,21). The predicted octanol–water partition coefficient (Wildman–Crippen LogP) is 3.90. The number of thioether (sulfide) groups is 2. The average Bonchev–Trinajstić information content (AvgIpc) is 3.16. The van der Waals surface area contributed by atoms with Crippen molar-refractivity contribution in [2.24, 2.45) is 0 Å². The fourth-order valence-corrected chi connectivity index (χ4v) is 5.32. The molecule has 0 aliphatic carbocycles. The van der Waals surface area contributed by atoms with Gasteiger partial charge in [-0.05, 0) is 29.7 Å². The Morgan fingerprint density at radius 3 is 2.46 bits per heavy atom. The molecule has 1 fully saturated rings. The molecule has 0 bridgehead atoms. The van der Waals surface area contributed by atoms with Crippen LogP contribution in [-0.2, 0) is 11.2 Å². The van der Waals surface area contributed by atoms with Crippen molar-refractivity contribution in [3.8, 4) is 5.75 Å². The molecule has 0 aromatic heterocycles. The lowest BCUT2D eigenvalue weighted by molar-refractivity contribution is -0.123. The molecule has 2 aromatic carbocycles.